The predicted octanol–water partition coefficient (Wildman–Crippen LogP) is 1.94. The summed E-state index contributed by atoms with van der Waals surface area (Å²) in [5.41, 5.74) is 6.12. The quantitative estimate of drug-likeness (QED) is 0.774. The molecule has 0 unspecified atom stereocenters. The number of hydrogen-bond donors (Lipinski definition) is 2. The molecule has 1 aliphatic heterocycles. The number of primary amides is 1. The van der Waals surface area contributed by atoms with Gasteiger partial charge in [0.1, 0.15) is 17.2 Å². The van der Waals surface area contributed by atoms with E-state index in [-0.39, 0.29) is 30.0 Å². The highest BCUT2D eigenvalue weighted by Gasteiger charge is 2.22. The van der Waals surface area contributed by atoms with E-state index in [4.69, 9.17) is 15.2 Å². The van der Waals surface area contributed by atoms with Crippen molar-refractivity contribution >= 4 is 17.7 Å². The third kappa shape index (κ3) is 5.25. The van der Waals surface area contributed by atoms with Crippen molar-refractivity contribution < 1.29 is 23.9 Å². The topological polar surface area (TPSA) is 111 Å². The second kappa shape index (κ2) is 8.64. The molecule has 1 fully saturated rings. The number of nitrogens with zero attached hydrogens (tertiary/aromatic N) is 1. The molecule has 8 nitrogen and oxygen atoms in total. The lowest BCUT2D eigenvalue weighted by Crippen LogP contribution is -2.49. The maximum atomic E-state index is 12.5. The Labute approximate surface area is 168 Å². The lowest BCUT2D eigenvalue weighted by atomic mass is 10.1. The number of carbonyl (C=O) groups is 3. The Kier molecular flexibility index (Phi) is 6.01. The number of amides is 3. The van der Waals surface area contributed by atoms with Crippen molar-refractivity contribution in [3.8, 4) is 17.2 Å². The monoisotopic (exact) mass is 397 g/mol. The maximum Gasteiger partial charge on any atom is 0.254 e. The molecule has 0 aliphatic carbocycles. The van der Waals surface area contributed by atoms with Gasteiger partial charge in [-0.15, -0.1) is 0 Å². The molecule has 1 aliphatic rings. The molecule has 3 N–H and O–H groups in total. The first-order valence-corrected chi connectivity index (χ1v) is 9.27. The molecule has 152 valence electrons. The number of ether oxygens (including phenoxy) is 2. The van der Waals surface area contributed by atoms with Crippen molar-refractivity contribution in [3.05, 3.63) is 53.6 Å². The lowest BCUT2D eigenvalue weighted by molar-refractivity contribution is -0.123. The molecule has 8 heteroatoms. The van der Waals surface area contributed by atoms with Crippen LogP contribution in [0.4, 0.5) is 0 Å². The fourth-order valence-electron chi connectivity index (χ4n) is 2.91. The van der Waals surface area contributed by atoms with Crippen LogP contribution in [-0.2, 0) is 4.79 Å². The molecular weight excluding hydrogens is 374 g/mol. The maximum absolute atomic E-state index is 12.5. The number of carbonyl (C=O) groups excluding carboxylic acids is 3. The molecule has 0 saturated carbocycles. The summed E-state index contributed by atoms with van der Waals surface area (Å²) in [5, 5.41) is 2.69. The molecular formula is C21H23N3O5. The van der Waals surface area contributed by atoms with Crippen molar-refractivity contribution in [2.24, 2.45) is 5.73 Å². The van der Waals surface area contributed by atoms with Gasteiger partial charge in [0.05, 0.1) is 12.6 Å². The van der Waals surface area contributed by atoms with Crippen LogP contribution in [0.5, 0.6) is 17.2 Å². The summed E-state index contributed by atoms with van der Waals surface area (Å²) in [7, 11) is 0. The average Bonchev–Trinajstić information content (AvgIpc) is 2.67. The minimum absolute atomic E-state index is 0.0512. The lowest BCUT2D eigenvalue weighted by Gasteiger charge is -2.26. The molecule has 1 saturated heterocycles. The zero-order chi connectivity index (χ0) is 21.0. The van der Waals surface area contributed by atoms with Gasteiger partial charge in [-0.05, 0) is 50.2 Å². The first-order chi connectivity index (χ1) is 13.8. The van der Waals surface area contributed by atoms with Gasteiger partial charge in [-0.3, -0.25) is 14.4 Å². The second-order valence-corrected chi connectivity index (χ2v) is 6.93. The van der Waals surface area contributed by atoms with Crippen LogP contribution >= 0.6 is 0 Å². The summed E-state index contributed by atoms with van der Waals surface area (Å²) in [6.07, 6.45) is -0.0758. The average molecular weight is 397 g/mol. The summed E-state index contributed by atoms with van der Waals surface area (Å²) in [5.74, 6) is 0.379. The fourth-order valence-corrected chi connectivity index (χ4v) is 2.91. The van der Waals surface area contributed by atoms with Crippen LogP contribution in [-0.4, -0.2) is 48.4 Å². The smallest absolute Gasteiger partial charge is 0.254 e. The number of benzene rings is 2. The number of nitrogens with two attached hydrogens (primary N) is 1. The van der Waals surface area contributed by atoms with Crippen LogP contribution in [0.1, 0.15) is 34.6 Å². The Balaban J connectivity index is 1.75. The van der Waals surface area contributed by atoms with Crippen LogP contribution in [0.3, 0.4) is 0 Å². The van der Waals surface area contributed by atoms with Crippen LogP contribution in [0, 0.1) is 0 Å². The van der Waals surface area contributed by atoms with E-state index in [1.54, 1.807) is 36.4 Å². The highest BCUT2D eigenvalue weighted by Crippen LogP contribution is 2.28. The summed E-state index contributed by atoms with van der Waals surface area (Å²) >= 11 is 0. The summed E-state index contributed by atoms with van der Waals surface area (Å²) in [6.45, 7) is 4.72. The Morgan fingerprint density at radius 3 is 2.34 bits per heavy atom. The Morgan fingerprint density at radius 1 is 1.03 bits per heavy atom. The molecule has 3 amide bonds. The molecule has 0 spiro atoms. The highest BCUT2D eigenvalue weighted by atomic mass is 16.5. The van der Waals surface area contributed by atoms with Gasteiger partial charge in [0, 0.05) is 30.3 Å². The zero-order valence-corrected chi connectivity index (χ0v) is 16.3. The summed E-state index contributed by atoms with van der Waals surface area (Å²) in [4.78, 5) is 37.1. The van der Waals surface area contributed by atoms with E-state index in [0.717, 1.165) is 0 Å². The van der Waals surface area contributed by atoms with Gasteiger partial charge in [0.25, 0.3) is 5.91 Å². The number of rotatable bonds is 6. The van der Waals surface area contributed by atoms with Gasteiger partial charge in [-0.1, -0.05) is 0 Å². The van der Waals surface area contributed by atoms with Gasteiger partial charge in [0.2, 0.25) is 11.8 Å². The molecule has 2 aromatic rings. The Hall–Kier alpha value is -3.55. The van der Waals surface area contributed by atoms with Crippen LogP contribution < -0.4 is 20.5 Å². The first kappa shape index (κ1) is 20.2. The molecule has 29 heavy (non-hydrogen) atoms. The minimum Gasteiger partial charge on any atom is -0.491 e. The molecule has 1 heterocycles. The third-order valence-electron chi connectivity index (χ3n) is 4.20. The van der Waals surface area contributed by atoms with Gasteiger partial charge < -0.3 is 25.4 Å². The predicted molar refractivity (Wildman–Crippen MR) is 106 cm³/mol. The summed E-state index contributed by atoms with van der Waals surface area (Å²) < 4.78 is 11.5. The van der Waals surface area contributed by atoms with Crippen molar-refractivity contribution in [1.82, 2.24) is 10.2 Å². The second-order valence-electron chi connectivity index (χ2n) is 6.93. The van der Waals surface area contributed by atoms with Gasteiger partial charge >= 0.3 is 0 Å². The molecule has 0 bridgehead atoms. The Morgan fingerprint density at radius 2 is 1.72 bits per heavy atom. The van der Waals surface area contributed by atoms with Gasteiger partial charge in [0.15, 0.2) is 0 Å². The van der Waals surface area contributed by atoms with Crippen molar-refractivity contribution in [3.63, 3.8) is 0 Å². The number of hydrogen-bond acceptors (Lipinski definition) is 5. The zero-order valence-electron chi connectivity index (χ0n) is 16.3. The SMILES string of the molecule is CC(C)Oc1cc(Oc2ccc(C(=O)N3CCNC(=O)C3)cc2)cc(C(N)=O)c1. The van der Waals surface area contributed by atoms with Gasteiger partial charge in [-0.2, -0.15) is 0 Å². The normalized spacial score (nSPS) is 13.8. The third-order valence-corrected chi connectivity index (χ3v) is 4.20. The van der Waals surface area contributed by atoms with E-state index < -0.39 is 5.91 Å². The molecule has 3 rings (SSSR count). The highest BCUT2D eigenvalue weighted by molar-refractivity contribution is 5.97. The van der Waals surface area contributed by atoms with E-state index in [1.165, 1.54) is 11.0 Å². The number of piperazine rings is 1. The van der Waals surface area contributed by atoms with E-state index in [0.29, 0.717) is 35.9 Å². The largest absolute Gasteiger partial charge is 0.491 e. The van der Waals surface area contributed by atoms with E-state index in [2.05, 4.69) is 5.32 Å². The van der Waals surface area contributed by atoms with Crippen molar-refractivity contribution in [2.45, 2.75) is 20.0 Å². The van der Waals surface area contributed by atoms with Crippen molar-refractivity contribution in [2.75, 3.05) is 19.6 Å². The molecule has 0 atom stereocenters. The minimum atomic E-state index is -0.587. The van der Waals surface area contributed by atoms with E-state index in [1.807, 2.05) is 13.8 Å². The van der Waals surface area contributed by atoms with Crippen LogP contribution in [0.2, 0.25) is 0 Å². The Bertz CT molecular complexity index is 924. The van der Waals surface area contributed by atoms with Gasteiger partial charge in [-0.25, -0.2) is 0 Å². The molecule has 2 aromatic carbocycles. The molecule has 0 radical (unpaired) electrons. The fraction of sp³-hybridized carbons (Fsp3) is 0.286. The number of nitrogens with one attached hydrogen (secondary N) is 1. The van der Waals surface area contributed by atoms with Crippen LogP contribution in [0.25, 0.3) is 0 Å². The van der Waals surface area contributed by atoms with Crippen LogP contribution in [0.15, 0.2) is 42.5 Å². The molecule has 0 aromatic heterocycles. The first-order valence-electron chi connectivity index (χ1n) is 9.27. The summed E-state index contributed by atoms with van der Waals surface area (Å²) in [6, 6.07) is 11.3. The van der Waals surface area contributed by atoms with E-state index >= 15 is 0 Å². The van der Waals surface area contributed by atoms with E-state index in [9.17, 15) is 14.4 Å². The van der Waals surface area contributed by atoms with Crippen molar-refractivity contribution in [1.29, 1.82) is 0 Å². The standard InChI is InChI=1S/C21H23N3O5/c1-13(2)28-17-9-15(20(22)26)10-18(11-17)29-16-5-3-14(4-6-16)21(27)24-8-7-23-19(25)12-24/h3-6,9-11,13H,7-8,12H2,1-2H3,(H2,22,26)(H,23,25).